The van der Waals surface area contributed by atoms with Gasteiger partial charge in [-0.15, -0.1) is 11.3 Å². The fraction of sp³-hybridized carbons (Fsp3) is 0.375. The Morgan fingerprint density at radius 2 is 2.05 bits per heavy atom. The Morgan fingerprint density at radius 3 is 2.57 bits per heavy atom. The highest BCUT2D eigenvalue weighted by molar-refractivity contribution is 9.10. The molecule has 0 bridgehead atoms. The molecule has 21 heavy (non-hydrogen) atoms. The van der Waals surface area contributed by atoms with Crippen molar-refractivity contribution in [3.8, 4) is 5.75 Å². The largest absolute Gasteiger partial charge is 0.496 e. The van der Waals surface area contributed by atoms with Crippen LogP contribution in [0, 0.1) is 19.7 Å². The van der Waals surface area contributed by atoms with Crippen LogP contribution in [0.3, 0.4) is 0 Å². The van der Waals surface area contributed by atoms with Crippen molar-refractivity contribution in [1.29, 1.82) is 0 Å². The molecule has 0 aliphatic rings. The molecule has 2 nitrogen and oxygen atoms in total. The highest BCUT2D eigenvalue weighted by Crippen LogP contribution is 2.37. The second-order valence-electron chi connectivity index (χ2n) is 4.89. The number of nitrogens with one attached hydrogen (secondary N) is 1. The van der Waals surface area contributed by atoms with Gasteiger partial charge in [0.05, 0.1) is 17.6 Å². The third-order valence-corrected chi connectivity index (χ3v) is 5.29. The Bertz CT molecular complexity index is 622. The summed E-state index contributed by atoms with van der Waals surface area (Å²) >= 11 is 5.03. The van der Waals surface area contributed by atoms with Gasteiger partial charge in [0, 0.05) is 21.4 Å². The van der Waals surface area contributed by atoms with Gasteiger partial charge in [-0.3, -0.25) is 0 Å². The second-order valence-corrected chi connectivity index (χ2v) is 7.03. The van der Waals surface area contributed by atoms with Crippen LogP contribution in [0.2, 0.25) is 0 Å². The van der Waals surface area contributed by atoms with Gasteiger partial charge >= 0.3 is 0 Å². The van der Waals surface area contributed by atoms with E-state index in [9.17, 15) is 4.39 Å². The maximum Gasteiger partial charge on any atom is 0.141 e. The van der Waals surface area contributed by atoms with Crippen LogP contribution >= 0.6 is 27.3 Å². The van der Waals surface area contributed by atoms with E-state index in [0.717, 1.165) is 12.1 Å². The smallest absolute Gasteiger partial charge is 0.141 e. The van der Waals surface area contributed by atoms with E-state index >= 15 is 0 Å². The SMILES string of the molecule is CCNC(c1cc(C)c(C)s1)c1cc(Br)c(F)cc1OC. The summed E-state index contributed by atoms with van der Waals surface area (Å²) in [4.78, 5) is 2.51. The highest BCUT2D eigenvalue weighted by atomic mass is 79.9. The molecule has 5 heteroatoms. The minimum Gasteiger partial charge on any atom is -0.496 e. The van der Waals surface area contributed by atoms with Gasteiger partial charge in [0.15, 0.2) is 0 Å². The van der Waals surface area contributed by atoms with Crippen LogP contribution in [-0.2, 0) is 0 Å². The fourth-order valence-electron chi connectivity index (χ4n) is 2.26. The lowest BCUT2D eigenvalue weighted by atomic mass is 10.0. The van der Waals surface area contributed by atoms with Gasteiger partial charge in [0.1, 0.15) is 11.6 Å². The van der Waals surface area contributed by atoms with Crippen LogP contribution < -0.4 is 10.1 Å². The molecule has 1 atom stereocenters. The van der Waals surface area contributed by atoms with Crippen molar-refractivity contribution in [3.05, 3.63) is 49.4 Å². The van der Waals surface area contributed by atoms with Crippen molar-refractivity contribution in [3.63, 3.8) is 0 Å². The molecule has 114 valence electrons. The molecule has 0 saturated heterocycles. The molecule has 2 aromatic rings. The van der Waals surface area contributed by atoms with Gasteiger partial charge in [-0.05, 0) is 54.0 Å². The zero-order chi connectivity index (χ0) is 15.6. The van der Waals surface area contributed by atoms with Crippen LogP contribution in [-0.4, -0.2) is 13.7 Å². The van der Waals surface area contributed by atoms with Gasteiger partial charge in [0.2, 0.25) is 0 Å². The number of aryl methyl sites for hydroxylation is 2. The van der Waals surface area contributed by atoms with Gasteiger partial charge in [-0.1, -0.05) is 6.92 Å². The van der Waals surface area contributed by atoms with E-state index < -0.39 is 0 Å². The van der Waals surface area contributed by atoms with Gasteiger partial charge < -0.3 is 10.1 Å². The van der Waals surface area contributed by atoms with E-state index in [1.807, 2.05) is 0 Å². The van der Waals surface area contributed by atoms with Crippen LogP contribution in [0.4, 0.5) is 4.39 Å². The zero-order valence-corrected chi connectivity index (χ0v) is 15.0. The van der Waals surface area contributed by atoms with Gasteiger partial charge in [-0.25, -0.2) is 4.39 Å². The number of benzene rings is 1. The van der Waals surface area contributed by atoms with E-state index in [1.54, 1.807) is 24.5 Å². The van der Waals surface area contributed by atoms with E-state index in [-0.39, 0.29) is 11.9 Å². The maximum atomic E-state index is 13.7. The molecule has 0 amide bonds. The number of hydrogen-bond donors (Lipinski definition) is 1. The van der Waals surface area contributed by atoms with Crippen molar-refractivity contribution in [2.75, 3.05) is 13.7 Å². The maximum absolute atomic E-state index is 13.7. The van der Waals surface area contributed by atoms with E-state index in [4.69, 9.17) is 4.74 Å². The summed E-state index contributed by atoms with van der Waals surface area (Å²) in [5, 5.41) is 3.46. The molecule has 1 N–H and O–H groups in total. The van der Waals surface area contributed by atoms with Gasteiger partial charge in [0.25, 0.3) is 0 Å². The Balaban J connectivity index is 2.54. The molecule has 1 aromatic carbocycles. The predicted molar refractivity (Wildman–Crippen MR) is 90.0 cm³/mol. The highest BCUT2D eigenvalue weighted by Gasteiger charge is 2.21. The van der Waals surface area contributed by atoms with Crippen LogP contribution in [0.15, 0.2) is 22.7 Å². The van der Waals surface area contributed by atoms with E-state index in [0.29, 0.717) is 10.2 Å². The number of rotatable bonds is 5. The van der Waals surface area contributed by atoms with Crippen molar-refractivity contribution in [1.82, 2.24) is 5.32 Å². The number of thiophene rings is 1. The molecule has 2 rings (SSSR count). The number of ether oxygens (including phenoxy) is 1. The number of methoxy groups -OCH3 is 1. The summed E-state index contributed by atoms with van der Waals surface area (Å²) < 4.78 is 19.5. The Kier molecular flexibility index (Phi) is 5.41. The topological polar surface area (TPSA) is 21.3 Å². The standard InChI is InChI=1S/C16H19BrFNOS/c1-5-19-16(15-6-9(2)10(3)21-15)11-7-12(17)13(18)8-14(11)20-4/h6-8,16,19H,5H2,1-4H3. The molecular formula is C16H19BrFNOS. The first-order valence-corrected chi connectivity index (χ1v) is 8.42. The molecular weight excluding hydrogens is 353 g/mol. The summed E-state index contributed by atoms with van der Waals surface area (Å²) in [6, 6.07) is 5.41. The van der Waals surface area contributed by atoms with Gasteiger partial charge in [-0.2, -0.15) is 0 Å². The average Bonchev–Trinajstić information content (AvgIpc) is 2.78. The van der Waals surface area contributed by atoms with Crippen LogP contribution in [0.5, 0.6) is 5.75 Å². The van der Waals surface area contributed by atoms with E-state index in [1.165, 1.54) is 21.4 Å². The summed E-state index contributed by atoms with van der Waals surface area (Å²) in [5.41, 5.74) is 2.21. The molecule has 1 unspecified atom stereocenters. The Hall–Kier alpha value is -0.910. The first kappa shape index (κ1) is 16.5. The number of hydrogen-bond acceptors (Lipinski definition) is 3. The van der Waals surface area contributed by atoms with Crippen molar-refractivity contribution in [2.45, 2.75) is 26.8 Å². The van der Waals surface area contributed by atoms with Crippen molar-refractivity contribution in [2.24, 2.45) is 0 Å². The molecule has 0 aliphatic heterocycles. The molecule has 0 spiro atoms. The second kappa shape index (κ2) is 6.90. The summed E-state index contributed by atoms with van der Waals surface area (Å²) in [7, 11) is 1.57. The molecule has 0 fully saturated rings. The van der Waals surface area contributed by atoms with E-state index in [2.05, 4.69) is 48.1 Å². The van der Waals surface area contributed by atoms with Crippen molar-refractivity contribution < 1.29 is 9.13 Å². The molecule has 1 aromatic heterocycles. The van der Waals surface area contributed by atoms with Crippen LogP contribution in [0.1, 0.15) is 33.8 Å². The minimum absolute atomic E-state index is 0.000694. The lowest BCUT2D eigenvalue weighted by Gasteiger charge is -2.20. The molecule has 0 saturated carbocycles. The summed E-state index contributed by atoms with van der Waals surface area (Å²) in [6.45, 7) is 7.10. The summed E-state index contributed by atoms with van der Waals surface area (Å²) in [6.07, 6.45) is 0. The summed E-state index contributed by atoms with van der Waals surface area (Å²) in [5.74, 6) is 0.245. The monoisotopic (exact) mass is 371 g/mol. The molecule has 0 radical (unpaired) electrons. The van der Waals surface area contributed by atoms with Crippen molar-refractivity contribution >= 4 is 27.3 Å². The normalized spacial score (nSPS) is 12.5. The first-order valence-electron chi connectivity index (χ1n) is 6.81. The average molecular weight is 372 g/mol. The third kappa shape index (κ3) is 3.47. The fourth-order valence-corrected chi connectivity index (χ4v) is 3.76. The number of halogens is 2. The van der Waals surface area contributed by atoms with Crippen LogP contribution in [0.25, 0.3) is 0 Å². The lowest BCUT2D eigenvalue weighted by molar-refractivity contribution is 0.400. The quantitative estimate of drug-likeness (QED) is 0.800. The molecule has 1 heterocycles. The Labute approximate surface area is 137 Å². The molecule has 0 aliphatic carbocycles. The third-order valence-electron chi connectivity index (χ3n) is 3.46. The minimum atomic E-state index is -0.315. The lowest BCUT2D eigenvalue weighted by Crippen LogP contribution is -2.21. The predicted octanol–water partition coefficient (Wildman–Crippen LogP) is 4.97. The Morgan fingerprint density at radius 1 is 1.33 bits per heavy atom. The zero-order valence-electron chi connectivity index (χ0n) is 12.6. The first-order chi connectivity index (χ1) is 9.97.